The van der Waals surface area contributed by atoms with Gasteiger partial charge in [0, 0.05) is 25.3 Å². The fourth-order valence-electron chi connectivity index (χ4n) is 2.62. The summed E-state index contributed by atoms with van der Waals surface area (Å²) >= 11 is 0. The largest absolute Gasteiger partial charge is 0.314 e. The molecule has 1 aromatic rings. The standard InChI is InChI=1S/C14H25N3/c1-4-17-10-13(9-16-17)8-14(6-5-7-14)11-15-12(2)3/h9-10,12,15H,4-8,11H2,1-3H3. The predicted octanol–water partition coefficient (Wildman–Crippen LogP) is 2.61. The van der Waals surface area contributed by atoms with Crippen molar-refractivity contribution in [2.45, 2.75) is 59.0 Å². The fourth-order valence-corrected chi connectivity index (χ4v) is 2.62. The van der Waals surface area contributed by atoms with Crippen molar-refractivity contribution < 1.29 is 0 Å². The molecule has 1 N–H and O–H groups in total. The molecule has 0 unspecified atom stereocenters. The molecule has 1 fully saturated rings. The number of aromatic nitrogens is 2. The molecule has 0 aromatic carbocycles. The molecule has 96 valence electrons. The number of nitrogens with one attached hydrogen (secondary N) is 1. The highest BCUT2D eigenvalue weighted by molar-refractivity contribution is 5.10. The Morgan fingerprint density at radius 3 is 2.71 bits per heavy atom. The highest BCUT2D eigenvalue weighted by atomic mass is 15.3. The number of hydrogen-bond donors (Lipinski definition) is 1. The minimum Gasteiger partial charge on any atom is -0.314 e. The Labute approximate surface area is 105 Å². The summed E-state index contributed by atoms with van der Waals surface area (Å²) in [5, 5.41) is 7.97. The van der Waals surface area contributed by atoms with Gasteiger partial charge < -0.3 is 5.32 Å². The maximum absolute atomic E-state index is 4.37. The quantitative estimate of drug-likeness (QED) is 0.821. The third kappa shape index (κ3) is 3.09. The smallest absolute Gasteiger partial charge is 0.0521 e. The van der Waals surface area contributed by atoms with Crippen molar-refractivity contribution in [2.24, 2.45) is 5.41 Å². The van der Waals surface area contributed by atoms with Crippen LogP contribution in [0.15, 0.2) is 12.4 Å². The van der Waals surface area contributed by atoms with Crippen LogP contribution < -0.4 is 5.32 Å². The molecule has 1 aliphatic rings. The number of hydrogen-bond acceptors (Lipinski definition) is 2. The highest BCUT2D eigenvalue weighted by Crippen LogP contribution is 2.43. The van der Waals surface area contributed by atoms with Gasteiger partial charge in [0.1, 0.15) is 0 Å². The summed E-state index contributed by atoms with van der Waals surface area (Å²) in [6, 6.07) is 0.589. The van der Waals surface area contributed by atoms with Crippen molar-refractivity contribution in [3.05, 3.63) is 18.0 Å². The van der Waals surface area contributed by atoms with E-state index >= 15 is 0 Å². The zero-order valence-electron chi connectivity index (χ0n) is 11.4. The molecule has 0 radical (unpaired) electrons. The van der Waals surface area contributed by atoms with Crippen molar-refractivity contribution in [1.29, 1.82) is 0 Å². The molecule has 3 heteroatoms. The van der Waals surface area contributed by atoms with E-state index in [1.807, 2.05) is 10.9 Å². The first kappa shape index (κ1) is 12.6. The van der Waals surface area contributed by atoms with Gasteiger partial charge in [0.2, 0.25) is 0 Å². The van der Waals surface area contributed by atoms with Crippen molar-refractivity contribution in [1.82, 2.24) is 15.1 Å². The van der Waals surface area contributed by atoms with Crippen molar-refractivity contribution >= 4 is 0 Å². The SMILES string of the molecule is CCn1cc(CC2(CNC(C)C)CCC2)cn1. The van der Waals surface area contributed by atoms with Crippen LogP contribution in [0.4, 0.5) is 0 Å². The van der Waals surface area contributed by atoms with E-state index in [-0.39, 0.29) is 0 Å². The molecule has 1 heterocycles. The van der Waals surface area contributed by atoms with Gasteiger partial charge in [-0.05, 0) is 37.2 Å². The molecule has 0 atom stereocenters. The molecule has 3 nitrogen and oxygen atoms in total. The Morgan fingerprint density at radius 1 is 1.47 bits per heavy atom. The van der Waals surface area contributed by atoms with Gasteiger partial charge in [-0.1, -0.05) is 20.3 Å². The van der Waals surface area contributed by atoms with Crippen molar-refractivity contribution in [2.75, 3.05) is 6.54 Å². The molecular formula is C14H25N3. The molecule has 17 heavy (non-hydrogen) atoms. The molecular weight excluding hydrogens is 210 g/mol. The van der Waals surface area contributed by atoms with E-state index in [9.17, 15) is 0 Å². The molecule has 1 saturated carbocycles. The molecule has 0 bridgehead atoms. The Hall–Kier alpha value is -0.830. The first-order chi connectivity index (χ1) is 8.13. The monoisotopic (exact) mass is 235 g/mol. The second kappa shape index (κ2) is 5.21. The van der Waals surface area contributed by atoms with E-state index in [4.69, 9.17) is 0 Å². The Morgan fingerprint density at radius 2 is 2.24 bits per heavy atom. The van der Waals surface area contributed by atoms with E-state index in [2.05, 4.69) is 37.4 Å². The average molecular weight is 235 g/mol. The second-order valence-electron chi connectivity index (χ2n) is 5.77. The Kier molecular flexibility index (Phi) is 3.87. The van der Waals surface area contributed by atoms with E-state index in [1.54, 1.807) is 0 Å². The van der Waals surface area contributed by atoms with E-state index in [1.165, 1.54) is 31.2 Å². The van der Waals surface area contributed by atoms with Crippen molar-refractivity contribution in [3.8, 4) is 0 Å². The molecule has 0 aliphatic heterocycles. The van der Waals surface area contributed by atoms with Crippen LogP contribution in [-0.4, -0.2) is 22.4 Å². The average Bonchev–Trinajstić information content (AvgIpc) is 2.69. The maximum Gasteiger partial charge on any atom is 0.0521 e. The predicted molar refractivity (Wildman–Crippen MR) is 71.0 cm³/mol. The first-order valence-corrected chi connectivity index (χ1v) is 6.88. The lowest BCUT2D eigenvalue weighted by Crippen LogP contribution is -2.43. The fraction of sp³-hybridized carbons (Fsp3) is 0.786. The van der Waals surface area contributed by atoms with Gasteiger partial charge in [-0.3, -0.25) is 4.68 Å². The molecule has 2 rings (SSSR count). The third-order valence-corrected chi connectivity index (χ3v) is 3.89. The minimum absolute atomic E-state index is 0.506. The summed E-state index contributed by atoms with van der Waals surface area (Å²) in [6.07, 6.45) is 9.55. The van der Waals surface area contributed by atoms with Gasteiger partial charge in [-0.2, -0.15) is 5.10 Å². The summed E-state index contributed by atoms with van der Waals surface area (Å²) in [7, 11) is 0. The van der Waals surface area contributed by atoms with Crippen LogP contribution in [0.5, 0.6) is 0 Å². The van der Waals surface area contributed by atoms with Gasteiger partial charge >= 0.3 is 0 Å². The molecule has 1 aliphatic carbocycles. The minimum atomic E-state index is 0.506. The Bertz CT molecular complexity index is 350. The van der Waals surface area contributed by atoms with Crippen LogP contribution in [0, 0.1) is 5.41 Å². The molecule has 1 aromatic heterocycles. The maximum atomic E-state index is 4.37. The van der Waals surface area contributed by atoms with Gasteiger partial charge in [0.25, 0.3) is 0 Å². The zero-order valence-corrected chi connectivity index (χ0v) is 11.4. The van der Waals surface area contributed by atoms with Crippen LogP contribution in [-0.2, 0) is 13.0 Å². The topological polar surface area (TPSA) is 29.9 Å². The van der Waals surface area contributed by atoms with Crippen LogP contribution in [0.25, 0.3) is 0 Å². The summed E-state index contributed by atoms with van der Waals surface area (Å²) in [5.74, 6) is 0. The number of nitrogens with zero attached hydrogens (tertiary/aromatic N) is 2. The van der Waals surface area contributed by atoms with Gasteiger partial charge in [-0.15, -0.1) is 0 Å². The lowest BCUT2D eigenvalue weighted by atomic mass is 9.65. The summed E-state index contributed by atoms with van der Waals surface area (Å²) in [6.45, 7) is 8.71. The summed E-state index contributed by atoms with van der Waals surface area (Å²) in [5.41, 5.74) is 1.91. The molecule has 0 amide bonds. The van der Waals surface area contributed by atoms with E-state index in [0.29, 0.717) is 11.5 Å². The van der Waals surface area contributed by atoms with Gasteiger partial charge in [0.15, 0.2) is 0 Å². The summed E-state index contributed by atoms with van der Waals surface area (Å²) in [4.78, 5) is 0. The normalized spacial score (nSPS) is 18.4. The van der Waals surface area contributed by atoms with Crippen molar-refractivity contribution in [3.63, 3.8) is 0 Å². The van der Waals surface area contributed by atoms with Gasteiger partial charge in [-0.25, -0.2) is 0 Å². The lowest BCUT2D eigenvalue weighted by Gasteiger charge is -2.42. The lowest BCUT2D eigenvalue weighted by molar-refractivity contribution is 0.126. The van der Waals surface area contributed by atoms with E-state index in [0.717, 1.165) is 13.1 Å². The second-order valence-corrected chi connectivity index (χ2v) is 5.77. The Balaban J connectivity index is 1.94. The van der Waals surface area contributed by atoms with Crippen LogP contribution in [0.1, 0.15) is 45.6 Å². The first-order valence-electron chi connectivity index (χ1n) is 6.88. The highest BCUT2D eigenvalue weighted by Gasteiger charge is 2.36. The molecule has 0 saturated heterocycles. The number of aryl methyl sites for hydroxylation is 1. The van der Waals surface area contributed by atoms with Crippen LogP contribution in [0.2, 0.25) is 0 Å². The zero-order chi connectivity index (χ0) is 12.3. The number of rotatable bonds is 6. The van der Waals surface area contributed by atoms with Crippen LogP contribution in [0.3, 0.4) is 0 Å². The van der Waals surface area contributed by atoms with Gasteiger partial charge in [0.05, 0.1) is 6.20 Å². The molecule has 0 spiro atoms. The van der Waals surface area contributed by atoms with Crippen LogP contribution >= 0.6 is 0 Å². The van der Waals surface area contributed by atoms with E-state index < -0.39 is 0 Å². The summed E-state index contributed by atoms with van der Waals surface area (Å²) < 4.78 is 2.03. The third-order valence-electron chi connectivity index (χ3n) is 3.89.